The monoisotopic (exact) mass is 498 g/mol. The van der Waals surface area contributed by atoms with Crippen molar-refractivity contribution in [2.75, 3.05) is 0 Å². The Morgan fingerprint density at radius 1 is 1.03 bits per heavy atom. The lowest BCUT2D eigenvalue weighted by molar-refractivity contribution is -0.138. The quantitative estimate of drug-likeness (QED) is 0.489. The number of benzene rings is 1. The number of nitrogens with one attached hydrogen (secondary N) is 1. The standard InChI is InChI=1S/C25H24F6N2O2/c1-14-13-17(24(26,27)28)10-11-18(14)20(21-19(25(29,30)31)5-4-12-32-21)33-22(34)15-6-8-16(9-7-15)23(2,3)35/h4-14,18,20,35H,1-3H3,(H,33,34). The van der Waals surface area contributed by atoms with E-state index in [1.165, 1.54) is 31.2 Å². The summed E-state index contributed by atoms with van der Waals surface area (Å²) >= 11 is 0. The molecular formula is C25H24F6N2O2. The highest BCUT2D eigenvalue weighted by Crippen LogP contribution is 2.41. The molecule has 188 valence electrons. The highest BCUT2D eigenvalue weighted by molar-refractivity contribution is 5.94. The Morgan fingerprint density at radius 2 is 1.66 bits per heavy atom. The number of pyridine rings is 1. The van der Waals surface area contributed by atoms with E-state index in [0.717, 1.165) is 36.6 Å². The second-order valence-corrected chi connectivity index (χ2v) is 8.94. The van der Waals surface area contributed by atoms with Crippen LogP contribution in [0, 0.1) is 11.8 Å². The van der Waals surface area contributed by atoms with E-state index in [1.54, 1.807) is 13.8 Å². The summed E-state index contributed by atoms with van der Waals surface area (Å²) in [6.07, 6.45) is -5.38. The first-order valence-corrected chi connectivity index (χ1v) is 10.7. The van der Waals surface area contributed by atoms with E-state index in [4.69, 9.17) is 0 Å². The molecule has 2 aromatic rings. The molecule has 1 heterocycles. The second-order valence-electron chi connectivity index (χ2n) is 8.94. The number of alkyl halides is 6. The van der Waals surface area contributed by atoms with Crippen LogP contribution < -0.4 is 5.32 Å². The number of aromatic nitrogens is 1. The molecule has 10 heteroatoms. The van der Waals surface area contributed by atoms with Crippen LogP contribution in [-0.4, -0.2) is 22.2 Å². The van der Waals surface area contributed by atoms with E-state index < -0.39 is 58.6 Å². The summed E-state index contributed by atoms with van der Waals surface area (Å²) in [4.78, 5) is 16.9. The molecule has 0 radical (unpaired) electrons. The van der Waals surface area contributed by atoms with Gasteiger partial charge in [-0.2, -0.15) is 26.3 Å². The Hall–Kier alpha value is -3.14. The van der Waals surface area contributed by atoms with Gasteiger partial charge in [-0.3, -0.25) is 9.78 Å². The van der Waals surface area contributed by atoms with Gasteiger partial charge in [0, 0.05) is 17.7 Å². The molecule has 2 N–H and O–H groups in total. The molecule has 1 aliphatic carbocycles. The lowest BCUT2D eigenvalue weighted by Gasteiger charge is -2.33. The predicted octanol–water partition coefficient (Wildman–Crippen LogP) is 6.11. The van der Waals surface area contributed by atoms with Gasteiger partial charge in [0.05, 0.1) is 28.5 Å². The molecule has 1 aliphatic rings. The first-order chi connectivity index (χ1) is 16.1. The zero-order chi connectivity index (χ0) is 26.2. The molecule has 1 aromatic carbocycles. The summed E-state index contributed by atoms with van der Waals surface area (Å²) in [5, 5.41) is 12.6. The van der Waals surface area contributed by atoms with Gasteiger partial charge in [-0.15, -0.1) is 0 Å². The summed E-state index contributed by atoms with van der Waals surface area (Å²) in [5.74, 6) is -2.53. The maximum atomic E-state index is 13.8. The third-order valence-electron chi connectivity index (χ3n) is 5.84. The molecule has 1 amide bonds. The summed E-state index contributed by atoms with van der Waals surface area (Å²) in [7, 11) is 0. The maximum Gasteiger partial charge on any atom is 0.418 e. The molecule has 3 rings (SSSR count). The van der Waals surface area contributed by atoms with Gasteiger partial charge in [-0.25, -0.2) is 0 Å². The zero-order valence-electron chi connectivity index (χ0n) is 19.1. The average molecular weight is 498 g/mol. The predicted molar refractivity (Wildman–Crippen MR) is 117 cm³/mol. The number of aliphatic hydroxyl groups is 1. The molecule has 35 heavy (non-hydrogen) atoms. The van der Waals surface area contributed by atoms with Gasteiger partial charge < -0.3 is 10.4 Å². The van der Waals surface area contributed by atoms with E-state index in [1.807, 2.05) is 0 Å². The van der Waals surface area contributed by atoms with Crippen LogP contribution in [-0.2, 0) is 11.8 Å². The van der Waals surface area contributed by atoms with Crippen LogP contribution in [0.4, 0.5) is 26.3 Å². The van der Waals surface area contributed by atoms with E-state index in [0.29, 0.717) is 5.56 Å². The molecular weight excluding hydrogens is 474 g/mol. The summed E-state index contributed by atoms with van der Waals surface area (Å²) in [6.45, 7) is 4.54. The van der Waals surface area contributed by atoms with E-state index in [-0.39, 0.29) is 5.56 Å². The first-order valence-electron chi connectivity index (χ1n) is 10.7. The van der Waals surface area contributed by atoms with E-state index in [9.17, 15) is 36.2 Å². The highest BCUT2D eigenvalue weighted by atomic mass is 19.4. The number of rotatable bonds is 5. The topological polar surface area (TPSA) is 62.2 Å². The molecule has 4 nitrogen and oxygen atoms in total. The minimum absolute atomic E-state index is 0.103. The van der Waals surface area contributed by atoms with Crippen LogP contribution in [0.15, 0.2) is 66.4 Å². The largest absolute Gasteiger partial charge is 0.418 e. The van der Waals surface area contributed by atoms with E-state index in [2.05, 4.69) is 10.3 Å². The molecule has 3 atom stereocenters. The van der Waals surface area contributed by atoms with Crippen LogP contribution in [0.3, 0.4) is 0 Å². The molecule has 1 aromatic heterocycles. The minimum Gasteiger partial charge on any atom is -0.386 e. The number of halogens is 6. The Kier molecular flexibility index (Phi) is 7.17. The van der Waals surface area contributed by atoms with Crippen LogP contribution in [0.25, 0.3) is 0 Å². The van der Waals surface area contributed by atoms with Gasteiger partial charge in [-0.1, -0.05) is 37.3 Å². The number of hydrogen-bond acceptors (Lipinski definition) is 3. The van der Waals surface area contributed by atoms with Crippen molar-refractivity contribution in [3.8, 4) is 0 Å². The van der Waals surface area contributed by atoms with Gasteiger partial charge in [0.1, 0.15) is 0 Å². The Labute approximate surface area is 198 Å². The molecule has 0 saturated heterocycles. The zero-order valence-corrected chi connectivity index (χ0v) is 19.1. The summed E-state index contributed by atoms with van der Waals surface area (Å²) < 4.78 is 80.8. The van der Waals surface area contributed by atoms with E-state index >= 15 is 0 Å². The molecule has 0 aliphatic heterocycles. The van der Waals surface area contributed by atoms with Crippen molar-refractivity contribution >= 4 is 5.91 Å². The number of carbonyl (C=O) groups excluding carboxylic acids is 1. The number of allylic oxidation sites excluding steroid dienone is 3. The summed E-state index contributed by atoms with van der Waals surface area (Å²) in [6, 6.07) is 6.37. The number of nitrogens with zero attached hydrogens (tertiary/aromatic N) is 1. The Balaban J connectivity index is 2.02. The van der Waals surface area contributed by atoms with Crippen molar-refractivity contribution < 1.29 is 36.2 Å². The van der Waals surface area contributed by atoms with Crippen LogP contribution >= 0.6 is 0 Å². The van der Waals surface area contributed by atoms with Crippen molar-refractivity contribution in [2.45, 2.75) is 44.8 Å². The Bertz CT molecular complexity index is 1130. The number of hydrogen-bond donors (Lipinski definition) is 2. The van der Waals surface area contributed by atoms with Crippen LogP contribution in [0.5, 0.6) is 0 Å². The minimum atomic E-state index is -4.80. The third-order valence-corrected chi connectivity index (χ3v) is 5.84. The first kappa shape index (κ1) is 26.5. The van der Waals surface area contributed by atoms with Crippen LogP contribution in [0.2, 0.25) is 0 Å². The average Bonchev–Trinajstić information content (AvgIpc) is 2.76. The molecule has 0 bridgehead atoms. The van der Waals surface area contributed by atoms with Gasteiger partial charge in [0.25, 0.3) is 5.91 Å². The van der Waals surface area contributed by atoms with Crippen LogP contribution in [0.1, 0.15) is 54.0 Å². The molecule has 3 unspecified atom stereocenters. The van der Waals surface area contributed by atoms with Crippen molar-refractivity contribution in [3.05, 3.63) is 88.8 Å². The van der Waals surface area contributed by atoms with Gasteiger partial charge in [0.2, 0.25) is 0 Å². The van der Waals surface area contributed by atoms with Gasteiger partial charge in [0.15, 0.2) is 0 Å². The third kappa shape index (κ3) is 6.11. The van der Waals surface area contributed by atoms with Crippen molar-refractivity contribution in [1.29, 1.82) is 0 Å². The lowest BCUT2D eigenvalue weighted by atomic mass is 9.79. The summed E-state index contributed by atoms with van der Waals surface area (Å²) in [5.41, 5.74) is -3.04. The van der Waals surface area contributed by atoms with Crippen molar-refractivity contribution in [1.82, 2.24) is 10.3 Å². The molecule has 0 saturated carbocycles. The second kappa shape index (κ2) is 9.49. The Morgan fingerprint density at radius 3 is 2.17 bits per heavy atom. The van der Waals surface area contributed by atoms with Gasteiger partial charge in [-0.05, 0) is 49.6 Å². The fraction of sp³-hybridized carbons (Fsp3) is 0.360. The number of amides is 1. The fourth-order valence-electron chi connectivity index (χ4n) is 3.95. The van der Waals surface area contributed by atoms with Gasteiger partial charge >= 0.3 is 12.4 Å². The SMILES string of the molecule is CC1C=C(C(F)(F)F)C=CC1C(NC(=O)c1ccc(C(C)(C)O)cc1)c1ncccc1C(F)(F)F. The normalized spacial score (nSPS) is 19.8. The molecule has 0 fully saturated rings. The van der Waals surface area contributed by atoms with Crippen molar-refractivity contribution in [2.24, 2.45) is 11.8 Å². The number of carbonyl (C=O) groups is 1. The lowest BCUT2D eigenvalue weighted by Crippen LogP contribution is -2.38. The fourth-order valence-corrected chi connectivity index (χ4v) is 3.95. The van der Waals surface area contributed by atoms with Crippen molar-refractivity contribution in [3.63, 3.8) is 0 Å². The smallest absolute Gasteiger partial charge is 0.386 e. The highest BCUT2D eigenvalue weighted by Gasteiger charge is 2.41. The maximum absolute atomic E-state index is 13.8. The molecule has 0 spiro atoms.